The fraction of sp³-hybridized carbons (Fsp3) is 0.231. The fourth-order valence-corrected chi connectivity index (χ4v) is 1.99. The smallest absolute Gasteiger partial charge is 0.222 e. The first kappa shape index (κ1) is 13.6. The third kappa shape index (κ3) is 3.56. The summed E-state index contributed by atoms with van der Waals surface area (Å²) in [5.41, 5.74) is 6.69. The second-order valence-electron chi connectivity index (χ2n) is 4.03. The molecule has 0 unspecified atom stereocenters. The largest absolute Gasteiger partial charge is 0.395 e. The van der Waals surface area contributed by atoms with E-state index in [2.05, 4.69) is 9.97 Å². The van der Waals surface area contributed by atoms with Crippen LogP contribution in [-0.4, -0.2) is 28.2 Å². The maximum atomic E-state index is 9.18. The Morgan fingerprint density at radius 2 is 2.00 bits per heavy atom. The Morgan fingerprint density at radius 1 is 1.26 bits per heavy atom. The van der Waals surface area contributed by atoms with E-state index in [0.29, 0.717) is 23.9 Å². The van der Waals surface area contributed by atoms with Gasteiger partial charge in [0.25, 0.3) is 0 Å². The lowest BCUT2D eigenvalue weighted by molar-refractivity contribution is 0.301. The molecule has 19 heavy (non-hydrogen) atoms. The molecule has 0 aliphatic rings. The number of hydrogen-bond donors (Lipinski definition) is 2. The van der Waals surface area contributed by atoms with Gasteiger partial charge in [0.15, 0.2) is 5.82 Å². The molecule has 2 aromatic rings. The molecule has 1 aromatic heterocycles. The molecule has 0 amide bonds. The van der Waals surface area contributed by atoms with Crippen LogP contribution in [0.25, 0.3) is 0 Å². The number of aromatic nitrogens is 2. The minimum absolute atomic E-state index is 0.00701. The number of nitrogens with two attached hydrogens (primary N) is 1. The molecule has 0 aliphatic heterocycles. The highest BCUT2D eigenvalue weighted by atomic mass is 35.5. The maximum absolute atomic E-state index is 9.18. The van der Waals surface area contributed by atoms with E-state index in [1.807, 2.05) is 35.2 Å². The highest BCUT2D eigenvalue weighted by Crippen LogP contribution is 2.24. The number of halogens is 1. The van der Waals surface area contributed by atoms with Gasteiger partial charge in [-0.15, -0.1) is 0 Å². The van der Waals surface area contributed by atoms with E-state index in [4.69, 9.17) is 17.3 Å². The van der Waals surface area contributed by atoms with Gasteiger partial charge in [-0.1, -0.05) is 41.9 Å². The molecule has 0 aliphatic carbocycles. The van der Waals surface area contributed by atoms with E-state index in [1.54, 1.807) is 0 Å². The van der Waals surface area contributed by atoms with Crippen LogP contribution in [0.1, 0.15) is 5.56 Å². The first-order valence-corrected chi connectivity index (χ1v) is 6.26. The molecule has 0 fully saturated rings. The summed E-state index contributed by atoms with van der Waals surface area (Å²) in [5, 5.41) is 9.59. The van der Waals surface area contributed by atoms with Gasteiger partial charge in [-0.3, -0.25) is 0 Å². The van der Waals surface area contributed by atoms with Crippen molar-refractivity contribution in [3.05, 3.63) is 47.1 Å². The molecule has 2 rings (SSSR count). The van der Waals surface area contributed by atoms with Gasteiger partial charge < -0.3 is 15.7 Å². The lowest BCUT2D eigenvalue weighted by Crippen LogP contribution is -2.27. The van der Waals surface area contributed by atoms with Crippen molar-refractivity contribution in [2.24, 2.45) is 0 Å². The number of nitrogens with zero attached hydrogens (tertiary/aromatic N) is 3. The van der Waals surface area contributed by atoms with Crippen LogP contribution in [0.5, 0.6) is 0 Å². The van der Waals surface area contributed by atoms with E-state index in [0.717, 1.165) is 5.56 Å². The first-order chi connectivity index (χ1) is 9.20. The molecule has 6 heteroatoms. The van der Waals surface area contributed by atoms with Crippen LogP contribution in [-0.2, 0) is 6.54 Å². The summed E-state index contributed by atoms with van der Waals surface area (Å²) in [6.07, 6.45) is 1.47. The number of rotatable bonds is 5. The Balaban J connectivity index is 2.27. The molecule has 0 saturated carbocycles. The predicted octanol–water partition coefficient (Wildman–Crippen LogP) is 1.71. The van der Waals surface area contributed by atoms with Crippen LogP contribution >= 0.6 is 11.6 Å². The number of benzene rings is 1. The molecule has 0 saturated heterocycles. The SMILES string of the molecule is Nc1ncc(Cl)c(N(CCO)Cc2ccccc2)n1. The molecule has 1 heterocycles. The zero-order chi connectivity index (χ0) is 13.7. The molecule has 1 aromatic carbocycles. The van der Waals surface area contributed by atoms with Gasteiger partial charge in [-0.05, 0) is 5.56 Å². The third-order valence-corrected chi connectivity index (χ3v) is 2.90. The molecule has 0 atom stereocenters. The summed E-state index contributed by atoms with van der Waals surface area (Å²) in [4.78, 5) is 9.84. The second-order valence-corrected chi connectivity index (χ2v) is 4.44. The first-order valence-electron chi connectivity index (χ1n) is 5.88. The van der Waals surface area contributed by atoms with Gasteiger partial charge in [0, 0.05) is 13.1 Å². The van der Waals surface area contributed by atoms with Gasteiger partial charge >= 0.3 is 0 Å². The molecule has 5 nitrogen and oxygen atoms in total. The summed E-state index contributed by atoms with van der Waals surface area (Å²) in [5.74, 6) is 0.697. The average molecular weight is 279 g/mol. The minimum Gasteiger partial charge on any atom is -0.395 e. The van der Waals surface area contributed by atoms with Crippen molar-refractivity contribution in [3.63, 3.8) is 0 Å². The topological polar surface area (TPSA) is 75.3 Å². The highest BCUT2D eigenvalue weighted by molar-refractivity contribution is 6.32. The number of anilines is 2. The number of hydrogen-bond acceptors (Lipinski definition) is 5. The molecule has 0 bridgehead atoms. The van der Waals surface area contributed by atoms with Crippen molar-refractivity contribution in [1.82, 2.24) is 9.97 Å². The summed E-state index contributed by atoms with van der Waals surface area (Å²) in [6, 6.07) is 9.88. The van der Waals surface area contributed by atoms with E-state index in [1.165, 1.54) is 6.20 Å². The predicted molar refractivity (Wildman–Crippen MR) is 76.0 cm³/mol. The molecular weight excluding hydrogens is 264 g/mol. The Morgan fingerprint density at radius 3 is 2.68 bits per heavy atom. The van der Waals surface area contributed by atoms with E-state index >= 15 is 0 Å². The minimum atomic E-state index is 0.00701. The van der Waals surface area contributed by atoms with Crippen molar-refractivity contribution in [2.75, 3.05) is 23.8 Å². The molecule has 3 N–H and O–H groups in total. The normalized spacial score (nSPS) is 10.4. The average Bonchev–Trinajstić information content (AvgIpc) is 2.42. The van der Waals surface area contributed by atoms with Gasteiger partial charge in [0.1, 0.15) is 5.02 Å². The highest BCUT2D eigenvalue weighted by Gasteiger charge is 2.13. The number of nitrogen functional groups attached to an aromatic ring is 1. The Labute approximate surface area is 116 Å². The van der Waals surface area contributed by atoms with E-state index in [9.17, 15) is 5.11 Å². The Bertz CT molecular complexity index is 535. The van der Waals surface area contributed by atoms with E-state index < -0.39 is 0 Å². The lowest BCUT2D eigenvalue weighted by atomic mass is 10.2. The van der Waals surface area contributed by atoms with Crippen LogP contribution in [0.4, 0.5) is 11.8 Å². The van der Waals surface area contributed by atoms with Crippen LogP contribution in [0, 0.1) is 0 Å². The van der Waals surface area contributed by atoms with Gasteiger partial charge in [-0.25, -0.2) is 4.98 Å². The van der Waals surface area contributed by atoms with Gasteiger partial charge in [0.2, 0.25) is 5.95 Å². The summed E-state index contributed by atoms with van der Waals surface area (Å²) < 4.78 is 0. The van der Waals surface area contributed by atoms with Gasteiger partial charge in [0.05, 0.1) is 12.8 Å². The van der Waals surface area contributed by atoms with E-state index in [-0.39, 0.29) is 12.6 Å². The standard InChI is InChI=1S/C13H15ClN4O/c14-11-8-16-13(15)17-12(11)18(6-7-19)9-10-4-2-1-3-5-10/h1-5,8,19H,6-7,9H2,(H2,15,16,17). The van der Waals surface area contributed by atoms with Gasteiger partial charge in [-0.2, -0.15) is 4.98 Å². The van der Waals surface area contributed by atoms with Crippen molar-refractivity contribution < 1.29 is 5.11 Å². The Kier molecular flexibility index (Phi) is 4.54. The third-order valence-electron chi connectivity index (χ3n) is 2.63. The van der Waals surface area contributed by atoms with Crippen molar-refractivity contribution in [1.29, 1.82) is 0 Å². The fourth-order valence-electron chi connectivity index (χ4n) is 1.78. The monoisotopic (exact) mass is 278 g/mol. The number of aliphatic hydroxyl groups excluding tert-OH is 1. The summed E-state index contributed by atoms with van der Waals surface area (Å²) in [7, 11) is 0. The van der Waals surface area contributed by atoms with Crippen LogP contribution in [0.15, 0.2) is 36.5 Å². The molecule has 100 valence electrons. The Hall–Kier alpha value is -1.85. The van der Waals surface area contributed by atoms with Crippen LogP contribution in [0.2, 0.25) is 5.02 Å². The maximum Gasteiger partial charge on any atom is 0.222 e. The zero-order valence-corrected chi connectivity index (χ0v) is 11.1. The lowest BCUT2D eigenvalue weighted by Gasteiger charge is -2.23. The van der Waals surface area contributed by atoms with Crippen molar-refractivity contribution in [3.8, 4) is 0 Å². The van der Waals surface area contributed by atoms with Crippen LogP contribution in [0.3, 0.4) is 0 Å². The van der Waals surface area contributed by atoms with Crippen molar-refractivity contribution in [2.45, 2.75) is 6.54 Å². The van der Waals surface area contributed by atoms with Crippen molar-refractivity contribution >= 4 is 23.4 Å². The van der Waals surface area contributed by atoms with Crippen LogP contribution < -0.4 is 10.6 Å². The molecule has 0 spiro atoms. The summed E-state index contributed by atoms with van der Waals surface area (Å²) in [6.45, 7) is 1.02. The zero-order valence-electron chi connectivity index (χ0n) is 10.3. The number of aliphatic hydroxyl groups is 1. The quantitative estimate of drug-likeness (QED) is 0.871. The second kappa shape index (κ2) is 6.36. The molecular formula is C13H15ClN4O. The molecule has 0 radical (unpaired) electrons. The summed E-state index contributed by atoms with van der Waals surface area (Å²) >= 11 is 6.09.